The van der Waals surface area contributed by atoms with Crippen molar-refractivity contribution in [2.24, 2.45) is 23.2 Å². The molecular formula is C14H19N5. The standard InChI is InChI=1S/C14H19N5/c15-7-12-13(16)19(18-17-12)8-14-4-9-1-10(5-14)3-11(2-9)6-14/h9-11H,1-6,8,16H2. The highest BCUT2D eigenvalue weighted by molar-refractivity contribution is 5.42. The molecule has 0 radical (unpaired) electrons. The van der Waals surface area contributed by atoms with E-state index in [2.05, 4.69) is 10.3 Å². The van der Waals surface area contributed by atoms with Crippen molar-refractivity contribution in [3.05, 3.63) is 5.69 Å². The van der Waals surface area contributed by atoms with E-state index >= 15 is 0 Å². The van der Waals surface area contributed by atoms with Gasteiger partial charge >= 0.3 is 0 Å². The second-order valence-corrected chi connectivity index (χ2v) is 7.01. The van der Waals surface area contributed by atoms with Gasteiger partial charge in [0.15, 0.2) is 5.82 Å². The van der Waals surface area contributed by atoms with Crippen LogP contribution in [0.4, 0.5) is 5.82 Å². The summed E-state index contributed by atoms with van der Waals surface area (Å²) in [6.45, 7) is 0.858. The number of hydrogen-bond acceptors (Lipinski definition) is 4. The topological polar surface area (TPSA) is 80.5 Å². The molecule has 100 valence electrons. The first kappa shape index (κ1) is 11.3. The van der Waals surface area contributed by atoms with E-state index < -0.39 is 0 Å². The van der Waals surface area contributed by atoms with Gasteiger partial charge in [-0.2, -0.15) is 5.26 Å². The molecule has 4 bridgehead atoms. The number of nitrogens with zero attached hydrogens (tertiary/aromatic N) is 4. The second kappa shape index (κ2) is 3.72. The molecule has 0 saturated heterocycles. The molecule has 4 aliphatic carbocycles. The summed E-state index contributed by atoms with van der Waals surface area (Å²) < 4.78 is 1.77. The maximum Gasteiger partial charge on any atom is 0.206 e. The van der Waals surface area contributed by atoms with E-state index in [1.807, 2.05) is 6.07 Å². The summed E-state index contributed by atoms with van der Waals surface area (Å²) in [4.78, 5) is 0. The summed E-state index contributed by atoms with van der Waals surface area (Å²) in [6.07, 6.45) is 8.28. The highest BCUT2D eigenvalue weighted by Gasteiger charge is 2.51. The summed E-state index contributed by atoms with van der Waals surface area (Å²) in [5.74, 6) is 3.21. The van der Waals surface area contributed by atoms with Crippen LogP contribution in [0.1, 0.15) is 44.2 Å². The van der Waals surface area contributed by atoms with Crippen molar-refractivity contribution in [1.29, 1.82) is 5.26 Å². The number of aromatic nitrogens is 3. The van der Waals surface area contributed by atoms with Gasteiger partial charge in [-0.1, -0.05) is 5.21 Å². The fraction of sp³-hybridized carbons (Fsp3) is 0.786. The SMILES string of the molecule is N#Cc1nnn(CC23CC4CC(CC(C4)C2)C3)c1N. The van der Waals surface area contributed by atoms with E-state index in [0.717, 1.165) is 24.3 Å². The molecule has 4 aliphatic rings. The minimum absolute atomic E-state index is 0.268. The third-order valence-corrected chi connectivity index (χ3v) is 5.53. The number of nitriles is 1. The molecule has 1 aromatic heterocycles. The van der Waals surface area contributed by atoms with Gasteiger partial charge < -0.3 is 5.73 Å². The zero-order chi connectivity index (χ0) is 13.0. The van der Waals surface area contributed by atoms with Gasteiger partial charge in [-0.15, -0.1) is 5.10 Å². The van der Waals surface area contributed by atoms with Crippen molar-refractivity contribution in [2.45, 2.75) is 45.1 Å². The molecular weight excluding hydrogens is 238 g/mol. The Bertz CT molecular complexity index is 517. The van der Waals surface area contributed by atoms with Gasteiger partial charge in [-0.25, -0.2) is 4.68 Å². The smallest absolute Gasteiger partial charge is 0.206 e. The fourth-order valence-corrected chi connectivity index (χ4v) is 5.32. The molecule has 0 spiro atoms. The highest BCUT2D eigenvalue weighted by atomic mass is 15.4. The molecule has 0 atom stereocenters. The molecule has 0 amide bonds. The lowest BCUT2D eigenvalue weighted by Gasteiger charge is -2.56. The lowest BCUT2D eigenvalue weighted by atomic mass is 9.49. The van der Waals surface area contributed by atoms with Crippen molar-refractivity contribution in [2.75, 3.05) is 5.73 Å². The van der Waals surface area contributed by atoms with Crippen LogP contribution in [0, 0.1) is 34.5 Å². The summed E-state index contributed by atoms with van der Waals surface area (Å²) in [7, 11) is 0. The first-order valence-electron chi connectivity index (χ1n) is 7.26. The van der Waals surface area contributed by atoms with E-state index in [1.54, 1.807) is 4.68 Å². The number of rotatable bonds is 2. The zero-order valence-electron chi connectivity index (χ0n) is 11.0. The highest BCUT2D eigenvalue weighted by Crippen LogP contribution is 2.60. The molecule has 2 N–H and O–H groups in total. The normalized spacial score (nSPS) is 39.4. The van der Waals surface area contributed by atoms with Crippen LogP contribution in [0.25, 0.3) is 0 Å². The van der Waals surface area contributed by atoms with E-state index in [9.17, 15) is 0 Å². The Morgan fingerprint density at radius 2 is 1.79 bits per heavy atom. The Morgan fingerprint density at radius 3 is 2.26 bits per heavy atom. The lowest BCUT2D eigenvalue weighted by molar-refractivity contribution is -0.0634. The van der Waals surface area contributed by atoms with Gasteiger partial charge in [0, 0.05) is 0 Å². The van der Waals surface area contributed by atoms with Crippen LogP contribution < -0.4 is 5.73 Å². The minimum Gasteiger partial charge on any atom is -0.381 e. The second-order valence-electron chi connectivity index (χ2n) is 7.01. The van der Waals surface area contributed by atoms with Crippen molar-refractivity contribution in [1.82, 2.24) is 15.0 Å². The lowest BCUT2D eigenvalue weighted by Crippen LogP contribution is -2.48. The van der Waals surface area contributed by atoms with Gasteiger partial charge in [0.2, 0.25) is 5.69 Å². The first-order chi connectivity index (χ1) is 9.17. The van der Waals surface area contributed by atoms with E-state index in [-0.39, 0.29) is 5.69 Å². The van der Waals surface area contributed by atoms with Crippen molar-refractivity contribution >= 4 is 5.82 Å². The molecule has 1 heterocycles. The molecule has 19 heavy (non-hydrogen) atoms. The Hall–Kier alpha value is -1.57. The third kappa shape index (κ3) is 1.66. The van der Waals surface area contributed by atoms with Crippen LogP contribution in [0.5, 0.6) is 0 Å². The van der Waals surface area contributed by atoms with Gasteiger partial charge in [0.05, 0.1) is 6.54 Å². The number of anilines is 1. The van der Waals surface area contributed by atoms with Gasteiger partial charge in [-0.3, -0.25) is 0 Å². The molecule has 5 nitrogen and oxygen atoms in total. The number of nitrogens with two attached hydrogens (primary N) is 1. The maximum absolute atomic E-state index is 8.92. The van der Waals surface area contributed by atoms with Crippen LogP contribution in [0.2, 0.25) is 0 Å². The number of nitrogen functional groups attached to an aromatic ring is 1. The molecule has 4 saturated carbocycles. The van der Waals surface area contributed by atoms with Gasteiger partial charge in [0.1, 0.15) is 6.07 Å². The van der Waals surface area contributed by atoms with Crippen LogP contribution in [0.3, 0.4) is 0 Å². The zero-order valence-corrected chi connectivity index (χ0v) is 11.0. The average Bonchev–Trinajstić information content (AvgIpc) is 2.68. The fourth-order valence-electron chi connectivity index (χ4n) is 5.32. The molecule has 0 unspecified atom stereocenters. The van der Waals surface area contributed by atoms with Crippen LogP contribution >= 0.6 is 0 Å². The Kier molecular flexibility index (Phi) is 2.21. The molecule has 1 aromatic rings. The molecule has 0 aromatic carbocycles. The summed E-state index contributed by atoms with van der Waals surface area (Å²) in [5, 5.41) is 16.9. The maximum atomic E-state index is 8.92. The van der Waals surface area contributed by atoms with Crippen LogP contribution in [-0.4, -0.2) is 15.0 Å². The molecule has 5 heteroatoms. The predicted octanol–water partition coefficient (Wildman–Crippen LogP) is 1.95. The third-order valence-electron chi connectivity index (χ3n) is 5.53. The van der Waals surface area contributed by atoms with E-state index in [1.165, 1.54) is 38.5 Å². The Morgan fingerprint density at radius 1 is 1.21 bits per heavy atom. The molecule has 4 fully saturated rings. The monoisotopic (exact) mass is 257 g/mol. The Balaban J connectivity index is 1.62. The van der Waals surface area contributed by atoms with E-state index in [4.69, 9.17) is 11.0 Å². The predicted molar refractivity (Wildman–Crippen MR) is 69.8 cm³/mol. The minimum atomic E-state index is 0.268. The van der Waals surface area contributed by atoms with Gasteiger partial charge in [0.25, 0.3) is 0 Å². The quantitative estimate of drug-likeness (QED) is 0.878. The summed E-state index contributed by atoms with van der Waals surface area (Å²) >= 11 is 0. The number of hydrogen-bond donors (Lipinski definition) is 1. The van der Waals surface area contributed by atoms with E-state index in [0.29, 0.717) is 11.2 Å². The molecule has 0 aliphatic heterocycles. The Labute approximate surface area is 112 Å². The largest absolute Gasteiger partial charge is 0.381 e. The van der Waals surface area contributed by atoms with Gasteiger partial charge in [-0.05, 0) is 61.7 Å². The molecule has 5 rings (SSSR count). The van der Waals surface area contributed by atoms with Crippen molar-refractivity contribution in [3.63, 3.8) is 0 Å². The average molecular weight is 257 g/mol. The van der Waals surface area contributed by atoms with Crippen LogP contribution in [0.15, 0.2) is 0 Å². The van der Waals surface area contributed by atoms with Crippen molar-refractivity contribution in [3.8, 4) is 6.07 Å². The summed E-state index contributed by atoms with van der Waals surface area (Å²) in [5.41, 5.74) is 6.61. The first-order valence-corrected chi connectivity index (χ1v) is 7.26. The van der Waals surface area contributed by atoms with Crippen molar-refractivity contribution < 1.29 is 0 Å². The summed E-state index contributed by atoms with van der Waals surface area (Å²) in [6, 6.07) is 2.00. The van der Waals surface area contributed by atoms with Crippen LogP contribution in [-0.2, 0) is 6.54 Å².